The molecule has 2 rings (SSSR count). The second-order valence-electron chi connectivity index (χ2n) is 5.98. The third-order valence-corrected chi connectivity index (χ3v) is 5.25. The molecule has 0 radical (unpaired) electrons. The summed E-state index contributed by atoms with van der Waals surface area (Å²) in [4.78, 5) is 14.5. The summed E-state index contributed by atoms with van der Waals surface area (Å²) in [6, 6.07) is 6.42. The number of nitrogens with zero attached hydrogens (tertiary/aromatic N) is 1. The molecule has 0 spiro atoms. The SMILES string of the molecule is CS(=O)(=O)c1ccc(NC(=O)CN2CCCCC2CCO)cc1. The van der Waals surface area contributed by atoms with Crippen molar-refractivity contribution in [3.05, 3.63) is 24.3 Å². The number of nitrogens with one attached hydrogen (secondary N) is 1. The second kappa shape index (κ2) is 7.90. The van der Waals surface area contributed by atoms with Crippen molar-refractivity contribution in [1.29, 1.82) is 0 Å². The van der Waals surface area contributed by atoms with E-state index in [0.29, 0.717) is 18.7 Å². The van der Waals surface area contributed by atoms with Gasteiger partial charge in [0, 0.05) is 24.6 Å². The van der Waals surface area contributed by atoms with Gasteiger partial charge < -0.3 is 10.4 Å². The van der Waals surface area contributed by atoms with Crippen LogP contribution in [0.1, 0.15) is 25.7 Å². The highest BCUT2D eigenvalue weighted by Gasteiger charge is 2.23. The third-order valence-electron chi connectivity index (χ3n) is 4.12. The van der Waals surface area contributed by atoms with Gasteiger partial charge in [0.1, 0.15) is 0 Å². The van der Waals surface area contributed by atoms with Gasteiger partial charge in [-0.25, -0.2) is 8.42 Å². The van der Waals surface area contributed by atoms with E-state index in [4.69, 9.17) is 5.11 Å². The van der Waals surface area contributed by atoms with Crippen LogP contribution in [0.2, 0.25) is 0 Å². The van der Waals surface area contributed by atoms with Crippen LogP contribution in [-0.2, 0) is 14.6 Å². The summed E-state index contributed by atoms with van der Waals surface area (Å²) in [5, 5.41) is 11.9. The minimum Gasteiger partial charge on any atom is -0.396 e. The first-order valence-corrected chi connectivity index (χ1v) is 9.74. The Morgan fingerprint density at radius 3 is 2.61 bits per heavy atom. The molecule has 1 aliphatic heterocycles. The van der Waals surface area contributed by atoms with E-state index >= 15 is 0 Å². The number of likely N-dealkylation sites (tertiary alicyclic amines) is 1. The average molecular weight is 340 g/mol. The van der Waals surface area contributed by atoms with E-state index in [0.717, 1.165) is 32.1 Å². The van der Waals surface area contributed by atoms with Gasteiger partial charge in [-0.3, -0.25) is 9.69 Å². The Bertz CT molecular complexity index is 626. The fraction of sp³-hybridized carbons (Fsp3) is 0.562. The zero-order valence-electron chi connectivity index (χ0n) is 13.4. The summed E-state index contributed by atoms with van der Waals surface area (Å²) < 4.78 is 22.8. The number of amides is 1. The lowest BCUT2D eigenvalue weighted by Gasteiger charge is -2.34. The lowest BCUT2D eigenvalue weighted by molar-refractivity contribution is -0.118. The van der Waals surface area contributed by atoms with Crippen LogP contribution in [0.25, 0.3) is 0 Å². The van der Waals surface area contributed by atoms with Crippen molar-refractivity contribution in [2.75, 3.05) is 31.3 Å². The number of hydrogen-bond acceptors (Lipinski definition) is 5. The van der Waals surface area contributed by atoms with Gasteiger partial charge in [-0.05, 0) is 50.1 Å². The maximum absolute atomic E-state index is 12.2. The van der Waals surface area contributed by atoms with E-state index in [1.165, 1.54) is 12.1 Å². The van der Waals surface area contributed by atoms with E-state index < -0.39 is 9.84 Å². The van der Waals surface area contributed by atoms with Crippen molar-refractivity contribution >= 4 is 21.4 Å². The molecule has 128 valence electrons. The predicted molar refractivity (Wildman–Crippen MR) is 89.1 cm³/mol. The molecule has 1 saturated heterocycles. The zero-order valence-corrected chi connectivity index (χ0v) is 14.2. The summed E-state index contributed by atoms with van der Waals surface area (Å²) in [5.41, 5.74) is 0.582. The third kappa shape index (κ3) is 5.30. The number of aliphatic hydroxyl groups is 1. The maximum atomic E-state index is 12.2. The molecule has 6 nitrogen and oxygen atoms in total. The average Bonchev–Trinajstić information content (AvgIpc) is 2.49. The van der Waals surface area contributed by atoms with Crippen molar-refractivity contribution in [1.82, 2.24) is 4.90 Å². The van der Waals surface area contributed by atoms with Crippen LogP contribution in [0, 0.1) is 0 Å². The Hall–Kier alpha value is -1.44. The molecule has 1 fully saturated rings. The minimum absolute atomic E-state index is 0.123. The number of benzene rings is 1. The maximum Gasteiger partial charge on any atom is 0.238 e. The van der Waals surface area contributed by atoms with E-state index in [9.17, 15) is 13.2 Å². The van der Waals surface area contributed by atoms with Gasteiger partial charge in [-0.1, -0.05) is 6.42 Å². The Balaban J connectivity index is 1.93. The standard InChI is InChI=1S/C16H24N2O4S/c1-23(21,22)15-7-5-13(6-8-15)17-16(20)12-18-10-3-2-4-14(18)9-11-19/h5-8,14,19H,2-4,9-12H2,1H3,(H,17,20). The topological polar surface area (TPSA) is 86.7 Å². The van der Waals surface area contributed by atoms with Crippen molar-refractivity contribution in [2.45, 2.75) is 36.6 Å². The summed E-state index contributed by atoms with van der Waals surface area (Å²) in [5.74, 6) is -0.123. The fourth-order valence-electron chi connectivity index (χ4n) is 2.91. The number of rotatable bonds is 6. The highest BCUT2D eigenvalue weighted by molar-refractivity contribution is 7.90. The molecule has 1 atom stereocenters. The molecule has 1 aromatic carbocycles. The quantitative estimate of drug-likeness (QED) is 0.814. The Morgan fingerprint density at radius 2 is 2.00 bits per heavy atom. The van der Waals surface area contributed by atoms with Gasteiger partial charge in [-0.2, -0.15) is 0 Å². The molecule has 1 aromatic rings. The van der Waals surface area contributed by atoms with Crippen LogP contribution in [0.4, 0.5) is 5.69 Å². The first kappa shape index (κ1) is 17.9. The van der Waals surface area contributed by atoms with Crippen molar-refractivity contribution in [3.8, 4) is 0 Å². The van der Waals surface area contributed by atoms with Gasteiger partial charge >= 0.3 is 0 Å². The van der Waals surface area contributed by atoms with Crippen LogP contribution in [0.15, 0.2) is 29.2 Å². The number of piperidine rings is 1. The molecule has 0 aromatic heterocycles. The molecule has 1 unspecified atom stereocenters. The number of carbonyl (C=O) groups is 1. The predicted octanol–water partition coefficient (Wildman–Crippen LogP) is 1.27. The van der Waals surface area contributed by atoms with Crippen LogP contribution in [0.5, 0.6) is 0 Å². The molecule has 1 amide bonds. The number of aliphatic hydroxyl groups excluding tert-OH is 1. The Labute approximate surface area is 137 Å². The van der Waals surface area contributed by atoms with Crippen LogP contribution >= 0.6 is 0 Å². The largest absolute Gasteiger partial charge is 0.396 e. The molecule has 1 aliphatic rings. The van der Waals surface area contributed by atoms with Crippen LogP contribution < -0.4 is 5.32 Å². The van der Waals surface area contributed by atoms with Gasteiger partial charge in [0.2, 0.25) is 5.91 Å². The number of anilines is 1. The van der Waals surface area contributed by atoms with Crippen molar-refractivity contribution in [3.63, 3.8) is 0 Å². The highest BCUT2D eigenvalue weighted by Crippen LogP contribution is 2.19. The second-order valence-corrected chi connectivity index (χ2v) is 7.99. The monoisotopic (exact) mass is 340 g/mol. The van der Waals surface area contributed by atoms with Crippen LogP contribution in [0.3, 0.4) is 0 Å². The van der Waals surface area contributed by atoms with E-state index in [2.05, 4.69) is 10.2 Å². The number of sulfone groups is 1. The van der Waals surface area contributed by atoms with Crippen molar-refractivity contribution in [2.24, 2.45) is 0 Å². The Morgan fingerprint density at radius 1 is 1.30 bits per heavy atom. The fourth-order valence-corrected chi connectivity index (χ4v) is 3.55. The van der Waals surface area contributed by atoms with Gasteiger partial charge in [0.15, 0.2) is 9.84 Å². The molecule has 0 bridgehead atoms. The lowest BCUT2D eigenvalue weighted by atomic mass is 10.00. The number of hydrogen-bond donors (Lipinski definition) is 2. The summed E-state index contributed by atoms with van der Waals surface area (Å²) in [6.07, 6.45) is 5.06. The first-order valence-electron chi connectivity index (χ1n) is 7.85. The molecule has 1 heterocycles. The minimum atomic E-state index is -3.23. The molecule has 7 heteroatoms. The van der Waals surface area contributed by atoms with Crippen molar-refractivity contribution < 1.29 is 18.3 Å². The van der Waals surface area contributed by atoms with Gasteiger partial charge in [-0.15, -0.1) is 0 Å². The number of carbonyl (C=O) groups excluding carboxylic acids is 1. The molecule has 23 heavy (non-hydrogen) atoms. The summed E-state index contributed by atoms with van der Waals surface area (Å²) in [7, 11) is -3.23. The molecular weight excluding hydrogens is 316 g/mol. The summed E-state index contributed by atoms with van der Waals surface area (Å²) >= 11 is 0. The van der Waals surface area contributed by atoms with E-state index in [1.807, 2.05) is 0 Å². The zero-order chi connectivity index (χ0) is 16.9. The normalized spacial score (nSPS) is 19.5. The molecule has 2 N–H and O–H groups in total. The van der Waals surface area contributed by atoms with Crippen LogP contribution in [-0.4, -0.2) is 56.3 Å². The summed E-state index contributed by atoms with van der Waals surface area (Å²) in [6.45, 7) is 1.29. The van der Waals surface area contributed by atoms with E-state index in [1.54, 1.807) is 12.1 Å². The van der Waals surface area contributed by atoms with Gasteiger partial charge in [0.25, 0.3) is 0 Å². The smallest absolute Gasteiger partial charge is 0.238 e. The lowest BCUT2D eigenvalue weighted by Crippen LogP contribution is -2.44. The van der Waals surface area contributed by atoms with E-state index in [-0.39, 0.29) is 23.5 Å². The molecular formula is C16H24N2O4S. The highest BCUT2D eigenvalue weighted by atomic mass is 32.2. The molecule has 0 aliphatic carbocycles. The Kier molecular flexibility index (Phi) is 6.15. The first-order chi connectivity index (χ1) is 10.9. The molecule has 0 saturated carbocycles. The van der Waals surface area contributed by atoms with Gasteiger partial charge in [0.05, 0.1) is 11.4 Å².